The van der Waals surface area contributed by atoms with E-state index in [1.54, 1.807) is 13.8 Å². The van der Waals surface area contributed by atoms with Crippen LogP contribution in [-0.2, 0) is 4.74 Å². The maximum atomic E-state index is 10.1. The Labute approximate surface area is 178 Å². The van der Waals surface area contributed by atoms with Gasteiger partial charge in [-0.2, -0.15) is 0 Å². The number of rotatable bonds is 16. The van der Waals surface area contributed by atoms with Crippen molar-refractivity contribution in [2.75, 3.05) is 0 Å². The molecule has 0 saturated carbocycles. The second kappa shape index (κ2) is 15.3. The molecule has 0 fully saturated rings. The predicted octanol–water partition coefficient (Wildman–Crippen LogP) is 6.15. The lowest BCUT2D eigenvalue weighted by Crippen LogP contribution is -2.41. The van der Waals surface area contributed by atoms with Gasteiger partial charge in [0, 0.05) is 22.6 Å². The molecule has 0 aromatic heterocycles. The van der Waals surface area contributed by atoms with E-state index in [1.807, 2.05) is 0 Å². The van der Waals surface area contributed by atoms with E-state index in [-0.39, 0.29) is 34.8 Å². The number of hydrogen-bond donors (Lipinski definition) is 2. The smallest absolute Gasteiger partial charge is 0.0645 e. The van der Waals surface area contributed by atoms with Gasteiger partial charge in [-0.15, -0.1) is 23.2 Å². The van der Waals surface area contributed by atoms with Crippen LogP contribution >= 0.6 is 23.2 Å². The maximum absolute atomic E-state index is 10.1. The van der Waals surface area contributed by atoms with Crippen LogP contribution in [0, 0.1) is 11.8 Å². The third-order valence-electron chi connectivity index (χ3n) is 5.45. The zero-order chi connectivity index (χ0) is 21.0. The number of aliphatic hydroxyl groups is 2. The molecule has 3 nitrogen and oxygen atoms in total. The van der Waals surface area contributed by atoms with E-state index >= 15 is 0 Å². The summed E-state index contributed by atoms with van der Waals surface area (Å²) in [7, 11) is 0. The van der Waals surface area contributed by atoms with E-state index in [1.165, 1.54) is 0 Å². The van der Waals surface area contributed by atoms with Crippen molar-refractivity contribution in [3.8, 4) is 0 Å². The zero-order valence-electron chi connectivity index (χ0n) is 18.3. The lowest BCUT2D eigenvalue weighted by Gasteiger charge is -2.38. The number of alkyl halides is 2. The van der Waals surface area contributed by atoms with E-state index < -0.39 is 12.2 Å². The first-order chi connectivity index (χ1) is 12.7. The van der Waals surface area contributed by atoms with Crippen molar-refractivity contribution in [1.82, 2.24) is 0 Å². The maximum Gasteiger partial charge on any atom is 0.0645 e. The molecule has 0 rings (SSSR count). The second-order valence-corrected chi connectivity index (χ2v) is 9.26. The van der Waals surface area contributed by atoms with E-state index in [0.29, 0.717) is 12.8 Å². The molecule has 0 aromatic rings. The van der Waals surface area contributed by atoms with E-state index in [9.17, 15) is 10.2 Å². The third kappa shape index (κ3) is 10.7. The van der Waals surface area contributed by atoms with Crippen molar-refractivity contribution in [1.29, 1.82) is 0 Å². The summed E-state index contributed by atoms with van der Waals surface area (Å²) in [4.78, 5) is 0. The quantitative estimate of drug-likeness (QED) is 0.291. The molecule has 0 radical (unpaired) electrons. The highest BCUT2D eigenvalue weighted by Gasteiger charge is 2.35. The van der Waals surface area contributed by atoms with Crippen molar-refractivity contribution < 1.29 is 14.9 Å². The normalized spacial score (nSPS) is 21.1. The fourth-order valence-electron chi connectivity index (χ4n) is 4.04. The largest absolute Gasteiger partial charge is 0.393 e. The summed E-state index contributed by atoms with van der Waals surface area (Å²) in [6.07, 6.45) is 5.68. The summed E-state index contributed by atoms with van der Waals surface area (Å²) in [6, 6.07) is 0. The lowest BCUT2D eigenvalue weighted by molar-refractivity contribution is -0.100. The molecule has 0 aliphatic carbocycles. The summed E-state index contributed by atoms with van der Waals surface area (Å²) in [5.74, 6) is 0.352. The summed E-state index contributed by atoms with van der Waals surface area (Å²) in [5, 5.41) is 20.2. The molecule has 0 amide bonds. The number of hydrogen-bond acceptors (Lipinski definition) is 3. The SMILES string of the molecule is CCCC(Cl)C(CC)C(CC(C)O)OC(CC(C)O)C(CC)C(Cl)CCC. The molecule has 164 valence electrons. The first kappa shape index (κ1) is 27.5. The topological polar surface area (TPSA) is 49.7 Å². The Balaban J connectivity index is 5.55. The van der Waals surface area contributed by atoms with Crippen LogP contribution in [0.2, 0.25) is 0 Å². The molecule has 0 spiro atoms. The van der Waals surface area contributed by atoms with Crippen LogP contribution in [0.3, 0.4) is 0 Å². The average molecular weight is 427 g/mol. The van der Waals surface area contributed by atoms with Crippen molar-refractivity contribution in [3.63, 3.8) is 0 Å². The highest BCUT2D eigenvalue weighted by atomic mass is 35.5. The molecule has 8 atom stereocenters. The molecule has 0 saturated heterocycles. The number of aliphatic hydroxyl groups excluding tert-OH is 2. The molecule has 0 aliphatic heterocycles. The summed E-state index contributed by atoms with van der Waals surface area (Å²) in [5.41, 5.74) is 0. The average Bonchev–Trinajstić information content (AvgIpc) is 2.55. The molecular formula is C22H44Cl2O3. The van der Waals surface area contributed by atoms with E-state index in [0.717, 1.165) is 38.5 Å². The molecular weight excluding hydrogens is 383 g/mol. The minimum Gasteiger partial charge on any atom is -0.393 e. The van der Waals surface area contributed by atoms with Gasteiger partial charge in [0.2, 0.25) is 0 Å². The summed E-state index contributed by atoms with van der Waals surface area (Å²) >= 11 is 13.4. The fourth-order valence-corrected chi connectivity index (χ4v) is 5.16. The third-order valence-corrected chi connectivity index (χ3v) is 6.54. The molecule has 0 aliphatic rings. The van der Waals surface area contributed by atoms with Crippen LogP contribution in [0.5, 0.6) is 0 Å². The minimum absolute atomic E-state index is 0.0264. The second-order valence-electron chi connectivity index (χ2n) is 8.14. The molecule has 0 aromatic carbocycles. The summed E-state index contributed by atoms with van der Waals surface area (Å²) < 4.78 is 6.62. The lowest BCUT2D eigenvalue weighted by atomic mass is 9.86. The summed E-state index contributed by atoms with van der Waals surface area (Å²) in [6.45, 7) is 12.1. The van der Waals surface area contributed by atoms with Gasteiger partial charge >= 0.3 is 0 Å². The Morgan fingerprint density at radius 3 is 1.26 bits per heavy atom. The Morgan fingerprint density at radius 1 is 0.704 bits per heavy atom. The number of halogens is 2. The van der Waals surface area contributed by atoms with Crippen molar-refractivity contribution in [3.05, 3.63) is 0 Å². The molecule has 5 heteroatoms. The van der Waals surface area contributed by atoms with Gasteiger partial charge in [0.25, 0.3) is 0 Å². The monoisotopic (exact) mass is 426 g/mol. The van der Waals surface area contributed by atoms with Gasteiger partial charge in [-0.25, -0.2) is 0 Å². The first-order valence-corrected chi connectivity index (χ1v) is 11.9. The van der Waals surface area contributed by atoms with Crippen molar-refractivity contribution in [2.24, 2.45) is 11.8 Å². The van der Waals surface area contributed by atoms with Gasteiger partial charge in [0.05, 0.1) is 24.4 Å². The van der Waals surface area contributed by atoms with Gasteiger partial charge in [-0.1, -0.05) is 40.5 Å². The molecule has 0 bridgehead atoms. The van der Waals surface area contributed by atoms with Gasteiger partial charge < -0.3 is 14.9 Å². The van der Waals surface area contributed by atoms with E-state index in [4.69, 9.17) is 27.9 Å². The van der Waals surface area contributed by atoms with E-state index in [2.05, 4.69) is 27.7 Å². The van der Waals surface area contributed by atoms with Crippen LogP contribution in [0.15, 0.2) is 0 Å². The Hall–Kier alpha value is 0.460. The zero-order valence-corrected chi connectivity index (χ0v) is 19.8. The van der Waals surface area contributed by atoms with Crippen molar-refractivity contribution >= 4 is 23.2 Å². The first-order valence-electron chi connectivity index (χ1n) is 11.0. The van der Waals surface area contributed by atoms with Crippen LogP contribution in [0.4, 0.5) is 0 Å². The van der Waals surface area contributed by atoms with Crippen LogP contribution in [0.1, 0.15) is 92.9 Å². The number of ether oxygens (including phenoxy) is 1. The molecule has 2 N–H and O–H groups in total. The highest BCUT2D eigenvalue weighted by Crippen LogP contribution is 2.33. The molecule has 8 unspecified atom stereocenters. The highest BCUT2D eigenvalue weighted by molar-refractivity contribution is 6.21. The van der Waals surface area contributed by atoms with Gasteiger partial charge in [-0.3, -0.25) is 0 Å². The van der Waals surface area contributed by atoms with Crippen LogP contribution < -0.4 is 0 Å². The van der Waals surface area contributed by atoms with Crippen LogP contribution in [-0.4, -0.2) is 45.4 Å². The Kier molecular flexibility index (Phi) is 15.6. The van der Waals surface area contributed by atoms with Gasteiger partial charge in [0.1, 0.15) is 0 Å². The minimum atomic E-state index is -0.454. The van der Waals surface area contributed by atoms with Gasteiger partial charge in [-0.05, 0) is 52.4 Å². The molecule has 0 heterocycles. The Morgan fingerprint density at radius 2 is 1.04 bits per heavy atom. The fraction of sp³-hybridized carbons (Fsp3) is 1.00. The van der Waals surface area contributed by atoms with Gasteiger partial charge in [0.15, 0.2) is 0 Å². The predicted molar refractivity (Wildman–Crippen MR) is 118 cm³/mol. The molecule has 27 heavy (non-hydrogen) atoms. The standard InChI is InChI=1S/C22H44Cl2O3/c1-7-11-19(23)17(9-3)21(13-15(5)25)27-22(14-16(6)26)18(10-4)20(24)12-8-2/h15-22,25-26H,7-14H2,1-6H3. The van der Waals surface area contributed by atoms with Crippen molar-refractivity contribution in [2.45, 2.75) is 128 Å². The Bertz CT molecular complexity index is 320. The van der Waals surface area contributed by atoms with Crippen LogP contribution in [0.25, 0.3) is 0 Å².